The van der Waals surface area contributed by atoms with Gasteiger partial charge < -0.3 is 24.1 Å². The Morgan fingerprint density at radius 1 is 1.06 bits per heavy atom. The summed E-state index contributed by atoms with van der Waals surface area (Å²) >= 11 is 0. The Morgan fingerprint density at radius 2 is 1.83 bits per heavy atom. The van der Waals surface area contributed by atoms with Gasteiger partial charge in [-0.05, 0) is 75.5 Å². The van der Waals surface area contributed by atoms with Crippen LogP contribution in [0.1, 0.15) is 84.5 Å². The van der Waals surface area contributed by atoms with Gasteiger partial charge >= 0.3 is 0 Å². The molecule has 0 aromatic rings. The van der Waals surface area contributed by atoms with E-state index in [9.17, 15) is 5.11 Å². The molecular formula is C30H46O5. The highest BCUT2D eigenvalue weighted by Crippen LogP contribution is 2.51. The van der Waals surface area contributed by atoms with E-state index in [4.69, 9.17) is 18.9 Å². The zero-order chi connectivity index (χ0) is 24.5. The number of hydrogen-bond acceptors (Lipinski definition) is 5. The van der Waals surface area contributed by atoms with E-state index in [0.29, 0.717) is 23.7 Å². The lowest BCUT2D eigenvalue weighted by molar-refractivity contribution is -0.193. The Labute approximate surface area is 212 Å². The van der Waals surface area contributed by atoms with Crippen LogP contribution < -0.4 is 0 Å². The molecule has 3 unspecified atom stereocenters. The Morgan fingerprint density at radius 3 is 2.51 bits per heavy atom. The van der Waals surface area contributed by atoms with E-state index in [0.717, 1.165) is 77.4 Å². The van der Waals surface area contributed by atoms with Crippen molar-refractivity contribution in [1.82, 2.24) is 0 Å². The van der Waals surface area contributed by atoms with Crippen LogP contribution in [0.5, 0.6) is 0 Å². The van der Waals surface area contributed by atoms with E-state index in [1.807, 2.05) is 6.08 Å². The highest BCUT2D eigenvalue weighted by molar-refractivity contribution is 5.18. The van der Waals surface area contributed by atoms with Gasteiger partial charge in [0.15, 0.2) is 12.6 Å². The molecular weight excluding hydrogens is 440 g/mol. The number of fused-ring (bicyclic) bond motifs is 1. The first-order valence-corrected chi connectivity index (χ1v) is 14.1. The average molecular weight is 487 g/mol. The lowest BCUT2D eigenvalue weighted by Crippen LogP contribution is -2.32. The van der Waals surface area contributed by atoms with Crippen molar-refractivity contribution >= 4 is 0 Å². The van der Waals surface area contributed by atoms with Gasteiger partial charge in [0.25, 0.3) is 0 Å². The molecule has 8 atom stereocenters. The van der Waals surface area contributed by atoms with E-state index in [2.05, 4.69) is 37.8 Å². The summed E-state index contributed by atoms with van der Waals surface area (Å²) in [5, 5.41) is 9.43. The second-order valence-electron chi connectivity index (χ2n) is 10.8. The third-order valence-corrected chi connectivity index (χ3v) is 8.19. The van der Waals surface area contributed by atoms with Crippen LogP contribution in [0.15, 0.2) is 23.8 Å². The number of allylic oxidation sites excluding steroid dienone is 1. The average Bonchev–Trinajstić information content (AvgIpc) is 3.40. The second kappa shape index (κ2) is 14.0. The molecule has 4 fully saturated rings. The van der Waals surface area contributed by atoms with Gasteiger partial charge in [-0.1, -0.05) is 37.6 Å². The standard InChI is InChI=1S/C30H46O5/c1-3-4-5-10-22(2)27(34-29-11-6-8-17-32-29)14-13-25-26-20-23(15-16-31)19-24(26)21-28(25)35-30-12-7-9-18-33-30/h13-15,22,24-31H,3,6-12,16-21H2,1-2H3/b14-13+,23-15+/t22?,24-,25+,26-,27+,28+,29?,30?/m0/s1. The Kier molecular flexibility index (Phi) is 10.7. The summed E-state index contributed by atoms with van der Waals surface area (Å²) in [4.78, 5) is 0. The van der Waals surface area contributed by atoms with Gasteiger partial charge in [0, 0.05) is 32.0 Å². The first kappa shape index (κ1) is 26.9. The van der Waals surface area contributed by atoms with Crippen molar-refractivity contribution in [2.24, 2.45) is 23.7 Å². The smallest absolute Gasteiger partial charge is 0.158 e. The molecule has 2 saturated carbocycles. The molecule has 2 saturated heterocycles. The number of rotatable bonds is 9. The van der Waals surface area contributed by atoms with Crippen LogP contribution in [-0.4, -0.2) is 49.7 Å². The lowest BCUT2D eigenvalue weighted by Gasteiger charge is -2.31. The van der Waals surface area contributed by atoms with E-state index in [1.165, 1.54) is 12.0 Å². The van der Waals surface area contributed by atoms with Crippen molar-refractivity contribution < 1.29 is 24.1 Å². The van der Waals surface area contributed by atoms with Crippen molar-refractivity contribution in [3.8, 4) is 11.8 Å². The minimum Gasteiger partial charge on any atom is -0.392 e. The summed E-state index contributed by atoms with van der Waals surface area (Å²) < 4.78 is 25.0. The first-order chi connectivity index (χ1) is 17.2. The molecule has 5 nitrogen and oxygen atoms in total. The molecule has 35 heavy (non-hydrogen) atoms. The van der Waals surface area contributed by atoms with Gasteiger partial charge in [-0.15, -0.1) is 11.8 Å². The predicted molar refractivity (Wildman–Crippen MR) is 137 cm³/mol. The molecule has 0 aromatic carbocycles. The second-order valence-corrected chi connectivity index (χ2v) is 10.8. The van der Waals surface area contributed by atoms with E-state index in [1.54, 1.807) is 0 Å². The van der Waals surface area contributed by atoms with Gasteiger partial charge in [-0.2, -0.15) is 0 Å². The molecule has 5 heteroatoms. The lowest BCUT2D eigenvalue weighted by atomic mass is 9.89. The van der Waals surface area contributed by atoms with Gasteiger partial charge in [0.2, 0.25) is 0 Å². The summed E-state index contributed by atoms with van der Waals surface area (Å²) in [5.41, 5.74) is 1.40. The van der Waals surface area contributed by atoms with Crippen molar-refractivity contribution in [3.05, 3.63) is 23.8 Å². The SMILES string of the molecule is CCC#CCC(C)[C@@H](/C=C/[C@@H]1[C@H]2C/C(=C/CO)C[C@H]2C[C@H]1OC1CCCCO1)OC1CCCCO1. The normalized spacial score (nSPS) is 36.1. The minimum absolute atomic E-state index is 0.0243. The maximum absolute atomic E-state index is 9.43. The van der Waals surface area contributed by atoms with Crippen LogP contribution in [0, 0.1) is 35.5 Å². The van der Waals surface area contributed by atoms with Crippen molar-refractivity contribution in [2.45, 2.75) is 109 Å². The van der Waals surface area contributed by atoms with Crippen LogP contribution in [0.3, 0.4) is 0 Å². The zero-order valence-electron chi connectivity index (χ0n) is 21.8. The molecule has 2 aliphatic heterocycles. The fourth-order valence-corrected chi connectivity index (χ4v) is 6.28. The molecule has 2 aliphatic carbocycles. The van der Waals surface area contributed by atoms with Crippen molar-refractivity contribution in [2.75, 3.05) is 19.8 Å². The molecule has 196 valence electrons. The molecule has 0 spiro atoms. The number of hydrogen-bond donors (Lipinski definition) is 1. The Balaban J connectivity index is 1.49. The van der Waals surface area contributed by atoms with Gasteiger partial charge in [-0.3, -0.25) is 0 Å². The molecule has 4 rings (SSSR count). The fourth-order valence-electron chi connectivity index (χ4n) is 6.28. The third-order valence-electron chi connectivity index (χ3n) is 8.19. The molecule has 4 aliphatic rings. The van der Waals surface area contributed by atoms with Gasteiger partial charge in [-0.25, -0.2) is 0 Å². The monoisotopic (exact) mass is 486 g/mol. The van der Waals surface area contributed by atoms with Crippen molar-refractivity contribution in [1.29, 1.82) is 0 Å². The maximum Gasteiger partial charge on any atom is 0.158 e. The molecule has 2 heterocycles. The molecule has 0 bridgehead atoms. The van der Waals surface area contributed by atoms with E-state index < -0.39 is 0 Å². The van der Waals surface area contributed by atoms with Crippen LogP contribution >= 0.6 is 0 Å². The van der Waals surface area contributed by atoms with E-state index >= 15 is 0 Å². The largest absolute Gasteiger partial charge is 0.392 e. The third kappa shape index (κ3) is 7.66. The van der Waals surface area contributed by atoms with Crippen LogP contribution in [0.4, 0.5) is 0 Å². The highest BCUT2D eigenvalue weighted by atomic mass is 16.7. The minimum atomic E-state index is -0.121. The maximum atomic E-state index is 9.43. The summed E-state index contributed by atoms with van der Waals surface area (Å²) in [6.07, 6.45) is 18.1. The summed E-state index contributed by atoms with van der Waals surface area (Å²) in [6, 6.07) is 0. The fraction of sp³-hybridized carbons (Fsp3) is 0.800. The summed E-state index contributed by atoms with van der Waals surface area (Å²) in [5.74, 6) is 8.34. The highest BCUT2D eigenvalue weighted by Gasteiger charge is 2.47. The molecule has 0 aromatic heterocycles. The number of aliphatic hydroxyl groups excluding tert-OH is 1. The number of ether oxygens (including phenoxy) is 4. The summed E-state index contributed by atoms with van der Waals surface area (Å²) in [6.45, 7) is 6.06. The number of aliphatic hydroxyl groups is 1. The van der Waals surface area contributed by atoms with Crippen molar-refractivity contribution in [3.63, 3.8) is 0 Å². The van der Waals surface area contributed by atoms with Crippen LogP contribution in [0.2, 0.25) is 0 Å². The van der Waals surface area contributed by atoms with Crippen LogP contribution in [-0.2, 0) is 18.9 Å². The van der Waals surface area contributed by atoms with Crippen LogP contribution in [0.25, 0.3) is 0 Å². The Hall–Kier alpha value is -1.16. The summed E-state index contributed by atoms with van der Waals surface area (Å²) in [7, 11) is 0. The predicted octanol–water partition coefficient (Wildman–Crippen LogP) is 5.77. The molecule has 0 radical (unpaired) electrons. The molecule has 1 N–H and O–H groups in total. The Bertz CT molecular complexity index is 752. The van der Waals surface area contributed by atoms with E-state index in [-0.39, 0.29) is 31.4 Å². The molecule has 0 amide bonds. The zero-order valence-corrected chi connectivity index (χ0v) is 21.8. The topological polar surface area (TPSA) is 57.2 Å². The first-order valence-electron chi connectivity index (χ1n) is 14.1. The van der Waals surface area contributed by atoms with Gasteiger partial charge in [0.1, 0.15) is 0 Å². The quantitative estimate of drug-likeness (QED) is 0.331. The van der Waals surface area contributed by atoms with Gasteiger partial charge in [0.05, 0.1) is 18.8 Å².